The summed E-state index contributed by atoms with van der Waals surface area (Å²) >= 11 is 0. The number of rotatable bonds is 5. The number of benzene rings is 1. The minimum Gasteiger partial charge on any atom is -0.393 e. The van der Waals surface area contributed by atoms with Gasteiger partial charge in [-0.25, -0.2) is 13.1 Å². The first kappa shape index (κ1) is 15.2. The van der Waals surface area contributed by atoms with Crippen LogP contribution in [0.4, 0.5) is 0 Å². The van der Waals surface area contributed by atoms with Gasteiger partial charge in [0.05, 0.1) is 11.0 Å². The number of nitrogens with one attached hydrogen (secondary N) is 1. The molecule has 20 heavy (non-hydrogen) atoms. The Labute approximate surface area is 119 Å². The molecule has 0 spiro atoms. The second-order valence-corrected chi connectivity index (χ2v) is 7.04. The second kappa shape index (κ2) is 6.03. The van der Waals surface area contributed by atoms with Crippen molar-refractivity contribution < 1.29 is 18.3 Å². The van der Waals surface area contributed by atoms with E-state index in [9.17, 15) is 18.3 Å². The van der Waals surface area contributed by atoms with Crippen molar-refractivity contribution >= 4 is 15.8 Å². The van der Waals surface area contributed by atoms with Crippen LogP contribution in [0.5, 0.6) is 0 Å². The molecule has 1 aromatic rings. The Morgan fingerprint density at radius 1 is 1.40 bits per heavy atom. The van der Waals surface area contributed by atoms with Crippen LogP contribution in [0.3, 0.4) is 0 Å². The van der Waals surface area contributed by atoms with Crippen LogP contribution in [-0.2, 0) is 10.0 Å². The average Bonchev–Trinajstić information content (AvgIpc) is 2.82. The highest BCUT2D eigenvalue weighted by Gasteiger charge is 2.24. The predicted octanol–water partition coefficient (Wildman–Crippen LogP) is 1.33. The lowest BCUT2D eigenvalue weighted by molar-refractivity contribution is 0.101. The predicted molar refractivity (Wildman–Crippen MR) is 75.0 cm³/mol. The molecule has 5 nitrogen and oxygen atoms in total. The molecule has 1 aromatic carbocycles. The monoisotopic (exact) mass is 297 g/mol. The van der Waals surface area contributed by atoms with E-state index in [2.05, 4.69) is 4.72 Å². The molecule has 2 N–H and O–H groups in total. The lowest BCUT2D eigenvalue weighted by Gasteiger charge is -2.12. The van der Waals surface area contributed by atoms with Crippen molar-refractivity contribution in [3.8, 4) is 0 Å². The van der Waals surface area contributed by atoms with E-state index in [1.807, 2.05) is 0 Å². The highest BCUT2D eigenvalue weighted by molar-refractivity contribution is 7.89. The van der Waals surface area contributed by atoms with Gasteiger partial charge in [-0.15, -0.1) is 0 Å². The van der Waals surface area contributed by atoms with Crippen LogP contribution in [-0.4, -0.2) is 32.0 Å². The molecule has 0 amide bonds. The lowest BCUT2D eigenvalue weighted by atomic mass is 10.1. The van der Waals surface area contributed by atoms with Gasteiger partial charge in [0.15, 0.2) is 5.78 Å². The van der Waals surface area contributed by atoms with Gasteiger partial charge < -0.3 is 5.11 Å². The minimum absolute atomic E-state index is 0.101. The van der Waals surface area contributed by atoms with Crippen molar-refractivity contribution in [1.82, 2.24) is 4.72 Å². The van der Waals surface area contributed by atoms with Crippen LogP contribution >= 0.6 is 0 Å². The maximum atomic E-state index is 12.2. The SMILES string of the molecule is CC(=O)c1cccc(S(=O)(=O)NCC2CCC(O)C2)c1. The third kappa shape index (κ3) is 3.65. The number of hydrogen-bond donors (Lipinski definition) is 2. The van der Waals surface area contributed by atoms with E-state index in [1.165, 1.54) is 19.1 Å². The molecule has 0 bridgehead atoms. The Bertz CT molecular complexity index is 597. The standard InChI is InChI=1S/C14H19NO4S/c1-10(16)12-3-2-4-14(8-12)20(18,19)15-9-11-5-6-13(17)7-11/h2-4,8,11,13,15,17H,5-7,9H2,1H3. The van der Waals surface area contributed by atoms with E-state index in [1.54, 1.807) is 12.1 Å². The number of aliphatic hydroxyl groups is 1. The van der Waals surface area contributed by atoms with Crippen molar-refractivity contribution in [2.75, 3.05) is 6.54 Å². The summed E-state index contributed by atoms with van der Waals surface area (Å²) in [6.07, 6.45) is 1.88. The van der Waals surface area contributed by atoms with Crippen molar-refractivity contribution in [3.63, 3.8) is 0 Å². The molecule has 2 atom stereocenters. The highest BCUT2D eigenvalue weighted by atomic mass is 32.2. The first-order valence-corrected chi connectivity index (χ1v) is 8.15. The van der Waals surface area contributed by atoms with Crippen molar-refractivity contribution in [2.24, 2.45) is 5.92 Å². The molecule has 1 saturated carbocycles. The number of sulfonamides is 1. The van der Waals surface area contributed by atoms with E-state index < -0.39 is 10.0 Å². The molecule has 2 rings (SSSR count). The second-order valence-electron chi connectivity index (χ2n) is 5.27. The van der Waals surface area contributed by atoms with Gasteiger partial charge in [0.25, 0.3) is 0 Å². The molecular weight excluding hydrogens is 278 g/mol. The average molecular weight is 297 g/mol. The summed E-state index contributed by atoms with van der Waals surface area (Å²) in [5.74, 6) is 0.0109. The smallest absolute Gasteiger partial charge is 0.240 e. The van der Waals surface area contributed by atoms with Gasteiger partial charge in [-0.3, -0.25) is 4.79 Å². The van der Waals surface area contributed by atoms with E-state index >= 15 is 0 Å². The summed E-state index contributed by atoms with van der Waals surface area (Å²) in [5.41, 5.74) is 0.379. The van der Waals surface area contributed by atoms with Crippen LogP contribution < -0.4 is 4.72 Å². The summed E-state index contributed by atoms with van der Waals surface area (Å²) < 4.78 is 26.9. The summed E-state index contributed by atoms with van der Waals surface area (Å²) in [6.45, 7) is 1.72. The maximum Gasteiger partial charge on any atom is 0.240 e. The summed E-state index contributed by atoms with van der Waals surface area (Å²) in [5, 5.41) is 9.43. The van der Waals surface area contributed by atoms with Gasteiger partial charge in [0.2, 0.25) is 10.0 Å². The maximum absolute atomic E-state index is 12.2. The molecule has 110 valence electrons. The summed E-state index contributed by atoms with van der Waals surface area (Å²) in [7, 11) is -3.61. The van der Waals surface area contributed by atoms with E-state index in [4.69, 9.17) is 0 Å². The van der Waals surface area contributed by atoms with Gasteiger partial charge in [0, 0.05) is 12.1 Å². The zero-order valence-electron chi connectivity index (χ0n) is 11.4. The fraction of sp³-hybridized carbons (Fsp3) is 0.500. The molecule has 1 aliphatic rings. The summed E-state index contributed by atoms with van der Waals surface area (Å²) in [4.78, 5) is 11.4. The van der Waals surface area contributed by atoms with Gasteiger partial charge in [0.1, 0.15) is 0 Å². The van der Waals surface area contributed by atoms with E-state index in [-0.39, 0.29) is 22.7 Å². The lowest BCUT2D eigenvalue weighted by Crippen LogP contribution is -2.29. The molecule has 1 fully saturated rings. The Kier molecular flexibility index (Phi) is 4.57. The molecule has 0 aromatic heterocycles. The molecule has 6 heteroatoms. The number of carbonyl (C=O) groups is 1. The molecule has 0 saturated heterocycles. The number of hydrogen-bond acceptors (Lipinski definition) is 4. The zero-order chi connectivity index (χ0) is 14.8. The Morgan fingerprint density at radius 3 is 2.75 bits per heavy atom. The topological polar surface area (TPSA) is 83.5 Å². The van der Waals surface area contributed by atoms with Crippen molar-refractivity contribution in [3.05, 3.63) is 29.8 Å². The van der Waals surface area contributed by atoms with E-state index in [0.29, 0.717) is 18.5 Å². The number of Topliss-reactive ketones (excluding diaryl/α,β-unsaturated/α-hetero) is 1. The van der Waals surface area contributed by atoms with Gasteiger partial charge in [-0.05, 0) is 44.2 Å². The molecule has 2 unspecified atom stereocenters. The van der Waals surface area contributed by atoms with Crippen LogP contribution in [0.2, 0.25) is 0 Å². The third-order valence-corrected chi connectivity index (χ3v) is 5.05. The molecule has 0 aliphatic heterocycles. The molecule has 1 aliphatic carbocycles. The number of aliphatic hydroxyl groups excluding tert-OH is 1. The number of ketones is 1. The third-order valence-electron chi connectivity index (χ3n) is 3.63. The fourth-order valence-corrected chi connectivity index (χ4v) is 3.59. The van der Waals surface area contributed by atoms with E-state index in [0.717, 1.165) is 12.8 Å². The Balaban J connectivity index is 2.06. The molecular formula is C14H19NO4S. The zero-order valence-corrected chi connectivity index (χ0v) is 12.2. The number of carbonyl (C=O) groups excluding carboxylic acids is 1. The highest BCUT2D eigenvalue weighted by Crippen LogP contribution is 2.25. The van der Waals surface area contributed by atoms with Crippen LogP contribution in [0.1, 0.15) is 36.5 Å². The normalized spacial score (nSPS) is 22.9. The quantitative estimate of drug-likeness (QED) is 0.803. The van der Waals surface area contributed by atoms with Gasteiger partial charge >= 0.3 is 0 Å². The van der Waals surface area contributed by atoms with Crippen LogP contribution in [0.15, 0.2) is 29.2 Å². The Hall–Kier alpha value is -1.24. The molecule has 0 radical (unpaired) electrons. The largest absolute Gasteiger partial charge is 0.393 e. The van der Waals surface area contributed by atoms with Gasteiger partial charge in [-0.2, -0.15) is 0 Å². The first-order valence-electron chi connectivity index (χ1n) is 6.67. The fourth-order valence-electron chi connectivity index (χ4n) is 2.43. The van der Waals surface area contributed by atoms with Crippen molar-refractivity contribution in [2.45, 2.75) is 37.2 Å². The van der Waals surface area contributed by atoms with Gasteiger partial charge in [-0.1, -0.05) is 12.1 Å². The Morgan fingerprint density at radius 2 is 2.15 bits per heavy atom. The van der Waals surface area contributed by atoms with Crippen LogP contribution in [0, 0.1) is 5.92 Å². The summed E-state index contributed by atoms with van der Waals surface area (Å²) in [6, 6.07) is 6.01. The first-order chi connectivity index (χ1) is 9.38. The van der Waals surface area contributed by atoms with Crippen LogP contribution in [0.25, 0.3) is 0 Å². The molecule has 0 heterocycles. The minimum atomic E-state index is -3.61. The van der Waals surface area contributed by atoms with Crippen molar-refractivity contribution in [1.29, 1.82) is 0 Å².